The number of rotatable bonds is 7. The van der Waals surface area contributed by atoms with Gasteiger partial charge in [0.15, 0.2) is 0 Å². The average molecular weight is 396 g/mol. The number of hydrogen-bond donors (Lipinski definition) is 0. The van der Waals surface area contributed by atoms with Crippen molar-refractivity contribution in [3.63, 3.8) is 0 Å². The number of sulfonamides is 1. The van der Waals surface area contributed by atoms with Crippen LogP contribution in [0.15, 0.2) is 29.2 Å². The number of carbonyl (C=O) groups excluding carboxylic acids is 2. The number of carbonyl (C=O) groups is 2. The Kier molecular flexibility index (Phi) is 7.38. The van der Waals surface area contributed by atoms with E-state index in [1.54, 1.807) is 49.7 Å². The first-order chi connectivity index (χ1) is 12.7. The van der Waals surface area contributed by atoms with Crippen molar-refractivity contribution in [1.82, 2.24) is 14.1 Å². The number of likely N-dealkylation sites (N-methyl/N-ethyl adjacent to an activating group) is 2. The van der Waals surface area contributed by atoms with E-state index < -0.39 is 10.0 Å². The summed E-state index contributed by atoms with van der Waals surface area (Å²) in [5.74, 6) is -0.242. The zero-order valence-corrected chi connectivity index (χ0v) is 17.2. The van der Waals surface area contributed by atoms with Gasteiger partial charge in [-0.05, 0) is 37.0 Å². The molecule has 7 nitrogen and oxygen atoms in total. The van der Waals surface area contributed by atoms with Crippen molar-refractivity contribution in [3.05, 3.63) is 29.8 Å². The first kappa shape index (κ1) is 21.4. The molecule has 0 radical (unpaired) electrons. The van der Waals surface area contributed by atoms with Crippen molar-refractivity contribution in [3.8, 4) is 0 Å². The van der Waals surface area contributed by atoms with Crippen LogP contribution in [0.1, 0.15) is 31.2 Å². The minimum atomic E-state index is -3.43. The van der Waals surface area contributed by atoms with Crippen LogP contribution < -0.4 is 0 Å². The standard InChI is InChI=1S/C19H29N3O4S/c1-20(2)19(24)15-21(3)18(23)12-9-16-7-10-17(11-8-16)27(25,26)22-13-5-4-6-14-22/h7-8,10-11H,4-6,9,12-15H2,1-3H3. The van der Waals surface area contributed by atoms with E-state index in [1.165, 1.54) is 9.80 Å². The number of piperidine rings is 1. The maximum Gasteiger partial charge on any atom is 0.243 e. The van der Waals surface area contributed by atoms with Crippen LogP contribution in [0, 0.1) is 0 Å². The molecule has 0 spiro atoms. The molecule has 1 fully saturated rings. The summed E-state index contributed by atoms with van der Waals surface area (Å²) in [6.45, 7) is 1.21. The largest absolute Gasteiger partial charge is 0.347 e. The highest BCUT2D eigenvalue weighted by Gasteiger charge is 2.25. The summed E-state index contributed by atoms with van der Waals surface area (Å²) in [6.07, 6.45) is 3.67. The van der Waals surface area contributed by atoms with Gasteiger partial charge in [0.2, 0.25) is 21.8 Å². The fraction of sp³-hybridized carbons (Fsp3) is 0.579. The molecule has 2 amide bonds. The van der Waals surface area contributed by atoms with Gasteiger partial charge in [-0.1, -0.05) is 18.6 Å². The van der Waals surface area contributed by atoms with E-state index in [0.717, 1.165) is 24.8 Å². The lowest BCUT2D eigenvalue weighted by atomic mass is 10.1. The van der Waals surface area contributed by atoms with Crippen LogP contribution in [0.3, 0.4) is 0 Å². The third kappa shape index (κ3) is 5.77. The van der Waals surface area contributed by atoms with Crippen LogP contribution in [0.25, 0.3) is 0 Å². The summed E-state index contributed by atoms with van der Waals surface area (Å²) in [7, 11) is 1.49. The Bertz CT molecular complexity index is 754. The molecule has 2 rings (SSSR count). The maximum atomic E-state index is 12.6. The molecule has 0 saturated carbocycles. The normalized spacial score (nSPS) is 15.4. The molecule has 1 aliphatic heterocycles. The topological polar surface area (TPSA) is 78.0 Å². The van der Waals surface area contributed by atoms with Gasteiger partial charge in [0.05, 0.1) is 11.4 Å². The highest BCUT2D eigenvalue weighted by molar-refractivity contribution is 7.89. The van der Waals surface area contributed by atoms with Gasteiger partial charge in [0.25, 0.3) is 0 Å². The molecular formula is C19H29N3O4S. The maximum absolute atomic E-state index is 12.6. The molecule has 27 heavy (non-hydrogen) atoms. The van der Waals surface area contributed by atoms with Crippen molar-refractivity contribution in [2.75, 3.05) is 40.8 Å². The van der Waals surface area contributed by atoms with Crippen LogP contribution in [-0.2, 0) is 26.0 Å². The molecule has 1 aromatic carbocycles. The Balaban J connectivity index is 1.92. The predicted molar refractivity (Wildman–Crippen MR) is 104 cm³/mol. The Morgan fingerprint density at radius 3 is 2.11 bits per heavy atom. The van der Waals surface area contributed by atoms with E-state index in [2.05, 4.69) is 0 Å². The summed E-state index contributed by atoms with van der Waals surface area (Å²) < 4.78 is 26.8. The lowest BCUT2D eigenvalue weighted by Crippen LogP contribution is -2.37. The average Bonchev–Trinajstić information content (AvgIpc) is 2.66. The lowest BCUT2D eigenvalue weighted by molar-refractivity contribution is -0.137. The molecule has 0 bridgehead atoms. The van der Waals surface area contributed by atoms with Gasteiger partial charge in [0.1, 0.15) is 0 Å². The molecule has 8 heteroatoms. The smallest absolute Gasteiger partial charge is 0.243 e. The van der Waals surface area contributed by atoms with Crippen LogP contribution in [0.5, 0.6) is 0 Å². The van der Waals surface area contributed by atoms with E-state index >= 15 is 0 Å². The van der Waals surface area contributed by atoms with Gasteiger partial charge in [-0.25, -0.2) is 8.42 Å². The summed E-state index contributed by atoms with van der Waals surface area (Å²) in [4.78, 5) is 27.0. The number of amides is 2. The van der Waals surface area contributed by atoms with E-state index in [0.29, 0.717) is 24.4 Å². The quantitative estimate of drug-likeness (QED) is 0.698. The number of hydrogen-bond acceptors (Lipinski definition) is 4. The predicted octanol–water partition coefficient (Wildman–Crippen LogP) is 1.34. The van der Waals surface area contributed by atoms with Gasteiger partial charge in [0, 0.05) is 40.7 Å². The number of benzene rings is 1. The zero-order valence-electron chi connectivity index (χ0n) is 16.3. The lowest BCUT2D eigenvalue weighted by Gasteiger charge is -2.25. The van der Waals surface area contributed by atoms with Crippen molar-refractivity contribution in [1.29, 1.82) is 0 Å². The second kappa shape index (κ2) is 9.32. The summed E-state index contributed by atoms with van der Waals surface area (Å²) in [6, 6.07) is 6.75. The molecular weight excluding hydrogens is 366 g/mol. The first-order valence-electron chi connectivity index (χ1n) is 9.25. The van der Waals surface area contributed by atoms with Gasteiger partial charge < -0.3 is 9.80 Å². The fourth-order valence-corrected chi connectivity index (χ4v) is 4.47. The molecule has 1 aliphatic rings. The Morgan fingerprint density at radius 1 is 0.963 bits per heavy atom. The first-order valence-corrected chi connectivity index (χ1v) is 10.7. The highest BCUT2D eigenvalue weighted by Crippen LogP contribution is 2.21. The Morgan fingerprint density at radius 2 is 1.56 bits per heavy atom. The summed E-state index contributed by atoms with van der Waals surface area (Å²) >= 11 is 0. The van der Waals surface area contributed by atoms with E-state index in [1.807, 2.05) is 0 Å². The van der Waals surface area contributed by atoms with Crippen LogP contribution in [0.2, 0.25) is 0 Å². The second-order valence-corrected chi connectivity index (χ2v) is 9.08. The Labute approximate surface area is 162 Å². The third-order valence-corrected chi connectivity index (χ3v) is 6.71. The van der Waals surface area contributed by atoms with Gasteiger partial charge in [-0.3, -0.25) is 9.59 Å². The van der Waals surface area contributed by atoms with Crippen LogP contribution in [0.4, 0.5) is 0 Å². The zero-order chi connectivity index (χ0) is 20.0. The van der Waals surface area contributed by atoms with Crippen molar-refractivity contribution in [2.45, 2.75) is 37.0 Å². The molecule has 0 unspecified atom stereocenters. The number of nitrogens with zero attached hydrogens (tertiary/aromatic N) is 3. The minimum Gasteiger partial charge on any atom is -0.347 e. The third-order valence-electron chi connectivity index (χ3n) is 4.80. The van der Waals surface area contributed by atoms with Crippen molar-refractivity contribution >= 4 is 21.8 Å². The van der Waals surface area contributed by atoms with Crippen LogP contribution in [-0.4, -0.2) is 75.1 Å². The van der Waals surface area contributed by atoms with Crippen molar-refractivity contribution in [2.24, 2.45) is 0 Å². The molecule has 0 aliphatic carbocycles. The molecule has 1 saturated heterocycles. The molecule has 0 atom stereocenters. The molecule has 0 aromatic heterocycles. The van der Waals surface area contributed by atoms with E-state index in [4.69, 9.17) is 0 Å². The Hall–Kier alpha value is -1.93. The molecule has 1 heterocycles. The molecule has 0 N–H and O–H groups in total. The van der Waals surface area contributed by atoms with Crippen LogP contribution >= 0.6 is 0 Å². The monoisotopic (exact) mass is 395 g/mol. The SMILES string of the molecule is CN(C)C(=O)CN(C)C(=O)CCc1ccc(S(=O)(=O)N2CCCCC2)cc1. The second-order valence-electron chi connectivity index (χ2n) is 7.15. The highest BCUT2D eigenvalue weighted by atomic mass is 32.2. The molecule has 150 valence electrons. The van der Waals surface area contributed by atoms with E-state index in [9.17, 15) is 18.0 Å². The minimum absolute atomic E-state index is 0.0544. The van der Waals surface area contributed by atoms with Crippen molar-refractivity contribution < 1.29 is 18.0 Å². The van der Waals surface area contributed by atoms with Gasteiger partial charge in [-0.15, -0.1) is 0 Å². The molecule has 1 aromatic rings. The fourth-order valence-electron chi connectivity index (χ4n) is 2.96. The van der Waals surface area contributed by atoms with E-state index in [-0.39, 0.29) is 24.8 Å². The summed E-state index contributed by atoms with van der Waals surface area (Å²) in [5, 5.41) is 0. The summed E-state index contributed by atoms with van der Waals surface area (Å²) in [5.41, 5.74) is 0.897. The number of aryl methyl sites for hydroxylation is 1. The van der Waals surface area contributed by atoms with Gasteiger partial charge >= 0.3 is 0 Å². The van der Waals surface area contributed by atoms with Gasteiger partial charge in [-0.2, -0.15) is 4.31 Å².